The van der Waals surface area contributed by atoms with Crippen LogP contribution in [0.3, 0.4) is 0 Å². The minimum absolute atomic E-state index is 0.00209. The van der Waals surface area contributed by atoms with Crippen molar-refractivity contribution >= 4 is 17.4 Å². The molecule has 4 heteroatoms. The third-order valence-electron chi connectivity index (χ3n) is 2.91. The van der Waals surface area contributed by atoms with Gasteiger partial charge in [0.25, 0.3) is 0 Å². The molecule has 0 saturated carbocycles. The summed E-state index contributed by atoms with van der Waals surface area (Å²) in [7, 11) is 0. The fourth-order valence-corrected chi connectivity index (χ4v) is 1.91. The van der Waals surface area contributed by atoms with Crippen molar-refractivity contribution in [2.45, 2.75) is 19.3 Å². The van der Waals surface area contributed by atoms with E-state index in [4.69, 9.17) is 11.6 Å². The average Bonchev–Trinajstić information content (AvgIpc) is 2.39. The summed E-state index contributed by atoms with van der Waals surface area (Å²) in [4.78, 5) is 8.16. The SMILES string of the molecule is CC(C)(CNc1nccnc1Cl)c1ccccc1. The molecular weight excluding hydrogens is 246 g/mol. The molecule has 1 heterocycles. The van der Waals surface area contributed by atoms with E-state index in [-0.39, 0.29) is 5.41 Å². The molecule has 0 bridgehead atoms. The van der Waals surface area contributed by atoms with E-state index in [0.29, 0.717) is 11.0 Å². The maximum atomic E-state index is 5.96. The predicted octanol–water partition coefficient (Wildman–Crippen LogP) is 3.52. The summed E-state index contributed by atoms with van der Waals surface area (Å²) >= 11 is 5.96. The lowest BCUT2D eigenvalue weighted by Gasteiger charge is -2.26. The first-order chi connectivity index (χ1) is 8.59. The molecule has 0 saturated heterocycles. The van der Waals surface area contributed by atoms with Gasteiger partial charge < -0.3 is 5.32 Å². The number of rotatable bonds is 4. The number of benzene rings is 1. The molecular formula is C14H16ClN3. The van der Waals surface area contributed by atoms with Gasteiger partial charge in [-0.25, -0.2) is 9.97 Å². The second-order valence-corrected chi connectivity index (χ2v) is 5.16. The van der Waals surface area contributed by atoms with Crippen LogP contribution in [0.2, 0.25) is 5.15 Å². The van der Waals surface area contributed by atoms with Crippen molar-refractivity contribution in [3.63, 3.8) is 0 Å². The zero-order valence-corrected chi connectivity index (χ0v) is 11.3. The molecule has 1 N–H and O–H groups in total. The second kappa shape index (κ2) is 5.36. The lowest BCUT2D eigenvalue weighted by atomic mass is 9.85. The molecule has 0 aliphatic heterocycles. The lowest BCUT2D eigenvalue weighted by molar-refractivity contribution is 0.556. The Labute approximate surface area is 112 Å². The number of nitrogens with zero attached hydrogens (tertiary/aromatic N) is 2. The molecule has 0 fully saturated rings. The second-order valence-electron chi connectivity index (χ2n) is 4.80. The van der Waals surface area contributed by atoms with Gasteiger partial charge in [-0.2, -0.15) is 0 Å². The first-order valence-corrected chi connectivity index (χ1v) is 6.23. The van der Waals surface area contributed by atoms with Crippen molar-refractivity contribution in [1.82, 2.24) is 9.97 Å². The number of aromatic nitrogens is 2. The summed E-state index contributed by atoms with van der Waals surface area (Å²) in [5.74, 6) is 0.628. The van der Waals surface area contributed by atoms with E-state index < -0.39 is 0 Å². The van der Waals surface area contributed by atoms with Crippen LogP contribution in [0.25, 0.3) is 0 Å². The first kappa shape index (κ1) is 12.8. The molecule has 0 aliphatic carbocycles. The molecule has 2 aromatic rings. The minimum atomic E-state index is 0.00209. The molecule has 0 spiro atoms. The molecule has 1 aromatic carbocycles. The van der Waals surface area contributed by atoms with Gasteiger partial charge in [0.05, 0.1) is 0 Å². The first-order valence-electron chi connectivity index (χ1n) is 5.85. The highest BCUT2D eigenvalue weighted by Gasteiger charge is 2.20. The summed E-state index contributed by atoms with van der Waals surface area (Å²) < 4.78 is 0. The summed E-state index contributed by atoms with van der Waals surface area (Å²) in [6.45, 7) is 5.11. The van der Waals surface area contributed by atoms with Gasteiger partial charge in [-0.3, -0.25) is 0 Å². The molecule has 2 rings (SSSR count). The van der Waals surface area contributed by atoms with Gasteiger partial charge in [0.2, 0.25) is 0 Å². The van der Waals surface area contributed by atoms with Gasteiger partial charge in [0.1, 0.15) is 0 Å². The molecule has 0 atom stereocenters. The van der Waals surface area contributed by atoms with Crippen molar-refractivity contribution < 1.29 is 0 Å². The molecule has 0 amide bonds. The van der Waals surface area contributed by atoms with Crippen LogP contribution in [0, 0.1) is 0 Å². The highest BCUT2D eigenvalue weighted by molar-refractivity contribution is 6.31. The Morgan fingerprint density at radius 3 is 2.44 bits per heavy atom. The van der Waals surface area contributed by atoms with Gasteiger partial charge in [-0.05, 0) is 5.56 Å². The van der Waals surface area contributed by atoms with Gasteiger partial charge in [0, 0.05) is 24.4 Å². The molecule has 0 aliphatic rings. The van der Waals surface area contributed by atoms with Gasteiger partial charge in [-0.1, -0.05) is 55.8 Å². The minimum Gasteiger partial charge on any atom is -0.367 e. The van der Waals surface area contributed by atoms with Crippen LogP contribution in [0.1, 0.15) is 19.4 Å². The molecule has 3 nitrogen and oxygen atoms in total. The topological polar surface area (TPSA) is 37.8 Å². The number of anilines is 1. The fraction of sp³-hybridized carbons (Fsp3) is 0.286. The van der Waals surface area contributed by atoms with Crippen LogP contribution in [-0.4, -0.2) is 16.5 Å². The Bertz CT molecular complexity index is 511. The molecule has 1 aromatic heterocycles. The third-order valence-corrected chi connectivity index (χ3v) is 3.18. The smallest absolute Gasteiger partial charge is 0.171 e. The normalized spacial score (nSPS) is 11.3. The van der Waals surface area contributed by atoms with E-state index in [2.05, 4.69) is 41.3 Å². The van der Waals surface area contributed by atoms with Crippen LogP contribution in [0.15, 0.2) is 42.7 Å². The molecule has 0 radical (unpaired) electrons. The van der Waals surface area contributed by atoms with Crippen LogP contribution in [0.5, 0.6) is 0 Å². The summed E-state index contributed by atoms with van der Waals surface area (Å²) in [5.41, 5.74) is 1.28. The Hall–Kier alpha value is -1.61. The van der Waals surface area contributed by atoms with E-state index in [1.165, 1.54) is 5.56 Å². The predicted molar refractivity (Wildman–Crippen MR) is 75.0 cm³/mol. The van der Waals surface area contributed by atoms with Crippen LogP contribution in [0.4, 0.5) is 5.82 Å². The lowest BCUT2D eigenvalue weighted by Crippen LogP contribution is -2.28. The van der Waals surface area contributed by atoms with Crippen LogP contribution < -0.4 is 5.32 Å². The van der Waals surface area contributed by atoms with E-state index in [9.17, 15) is 0 Å². The number of halogens is 1. The molecule has 18 heavy (non-hydrogen) atoms. The van der Waals surface area contributed by atoms with Crippen molar-refractivity contribution in [2.75, 3.05) is 11.9 Å². The summed E-state index contributed by atoms with van der Waals surface area (Å²) in [6.07, 6.45) is 3.21. The standard InChI is InChI=1S/C14H16ClN3/c1-14(2,11-6-4-3-5-7-11)10-18-13-12(15)16-8-9-17-13/h3-9H,10H2,1-2H3,(H,17,18). The van der Waals surface area contributed by atoms with E-state index in [1.54, 1.807) is 12.4 Å². The summed E-state index contributed by atoms with van der Waals surface area (Å²) in [6, 6.07) is 10.4. The largest absolute Gasteiger partial charge is 0.367 e. The van der Waals surface area contributed by atoms with Crippen LogP contribution in [-0.2, 0) is 5.41 Å². The average molecular weight is 262 g/mol. The van der Waals surface area contributed by atoms with E-state index in [1.807, 2.05) is 18.2 Å². The zero-order valence-electron chi connectivity index (χ0n) is 10.5. The third kappa shape index (κ3) is 2.99. The quantitative estimate of drug-likeness (QED) is 0.915. The fourth-order valence-electron chi connectivity index (χ4n) is 1.74. The van der Waals surface area contributed by atoms with Crippen LogP contribution >= 0.6 is 11.6 Å². The Balaban J connectivity index is 2.08. The highest BCUT2D eigenvalue weighted by Crippen LogP contribution is 2.24. The van der Waals surface area contributed by atoms with Crippen molar-refractivity contribution in [1.29, 1.82) is 0 Å². The van der Waals surface area contributed by atoms with Crippen molar-refractivity contribution in [3.05, 3.63) is 53.4 Å². The Morgan fingerprint density at radius 2 is 1.78 bits per heavy atom. The zero-order chi connectivity index (χ0) is 13.0. The number of nitrogens with one attached hydrogen (secondary N) is 1. The maximum Gasteiger partial charge on any atom is 0.171 e. The molecule has 94 valence electrons. The highest BCUT2D eigenvalue weighted by atomic mass is 35.5. The number of hydrogen-bond donors (Lipinski definition) is 1. The van der Waals surface area contributed by atoms with Gasteiger partial charge in [-0.15, -0.1) is 0 Å². The van der Waals surface area contributed by atoms with Gasteiger partial charge >= 0.3 is 0 Å². The molecule has 0 unspecified atom stereocenters. The monoisotopic (exact) mass is 261 g/mol. The maximum absolute atomic E-state index is 5.96. The van der Waals surface area contributed by atoms with Crippen molar-refractivity contribution in [3.8, 4) is 0 Å². The van der Waals surface area contributed by atoms with Gasteiger partial charge in [0.15, 0.2) is 11.0 Å². The number of hydrogen-bond acceptors (Lipinski definition) is 3. The summed E-state index contributed by atoms with van der Waals surface area (Å²) in [5, 5.41) is 3.65. The van der Waals surface area contributed by atoms with Crippen molar-refractivity contribution in [2.24, 2.45) is 0 Å². The van der Waals surface area contributed by atoms with E-state index >= 15 is 0 Å². The van der Waals surface area contributed by atoms with E-state index in [0.717, 1.165) is 6.54 Å². The Morgan fingerprint density at radius 1 is 1.11 bits per heavy atom. The Kier molecular flexibility index (Phi) is 3.82.